The Morgan fingerprint density at radius 1 is 1.10 bits per heavy atom. The Bertz CT molecular complexity index is 994. The number of piperidine rings is 1. The molecule has 1 aliphatic heterocycles. The highest BCUT2D eigenvalue weighted by Crippen LogP contribution is 2.28. The highest BCUT2D eigenvalue weighted by atomic mass is 32.2. The number of benzene rings is 1. The van der Waals surface area contributed by atoms with E-state index >= 15 is 0 Å². The van der Waals surface area contributed by atoms with Crippen molar-refractivity contribution in [1.29, 1.82) is 0 Å². The van der Waals surface area contributed by atoms with Crippen molar-refractivity contribution in [3.8, 4) is 5.75 Å². The largest absolute Gasteiger partial charge is 0.484 e. The molecule has 1 aromatic heterocycles. The molecular formula is C20H25N3O5S2. The zero-order chi connectivity index (χ0) is 21.7. The number of nitrogens with zero attached hydrogens (tertiary/aromatic N) is 2. The summed E-state index contributed by atoms with van der Waals surface area (Å²) in [5.74, 6) is -0.141. The summed E-state index contributed by atoms with van der Waals surface area (Å²) in [4.78, 5) is 26.0. The number of thiophene rings is 1. The second kappa shape index (κ2) is 9.59. The molecule has 1 aromatic carbocycles. The van der Waals surface area contributed by atoms with Crippen LogP contribution in [0.2, 0.25) is 0 Å². The van der Waals surface area contributed by atoms with Gasteiger partial charge in [0.15, 0.2) is 6.61 Å². The van der Waals surface area contributed by atoms with Crippen molar-refractivity contribution in [2.45, 2.75) is 24.2 Å². The lowest BCUT2D eigenvalue weighted by atomic mass is 10.2. The molecular weight excluding hydrogens is 426 g/mol. The molecule has 30 heavy (non-hydrogen) atoms. The van der Waals surface area contributed by atoms with Crippen molar-refractivity contribution in [3.05, 3.63) is 40.6 Å². The van der Waals surface area contributed by atoms with Gasteiger partial charge in [-0.3, -0.25) is 9.59 Å². The second-order valence-electron chi connectivity index (χ2n) is 7.13. The SMILES string of the molecule is CN(C)C(=O)COc1ccc(NC(=O)c2sccc2S(=O)(=O)N2CCCCC2)cc1. The van der Waals surface area contributed by atoms with Gasteiger partial charge < -0.3 is 15.0 Å². The first-order valence-corrected chi connectivity index (χ1v) is 11.9. The summed E-state index contributed by atoms with van der Waals surface area (Å²) in [6, 6.07) is 8.04. The first kappa shape index (κ1) is 22.3. The van der Waals surface area contributed by atoms with Gasteiger partial charge in [-0.25, -0.2) is 8.42 Å². The molecule has 2 aromatic rings. The lowest BCUT2D eigenvalue weighted by Gasteiger charge is -2.25. The molecule has 162 valence electrons. The van der Waals surface area contributed by atoms with Crippen LogP contribution in [0.25, 0.3) is 0 Å². The maximum Gasteiger partial charge on any atom is 0.267 e. The molecule has 0 unspecified atom stereocenters. The van der Waals surface area contributed by atoms with E-state index in [2.05, 4.69) is 5.32 Å². The van der Waals surface area contributed by atoms with Gasteiger partial charge in [0.1, 0.15) is 15.5 Å². The number of hydrogen-bond acceptors (Lipinski definition) is 6. The van der Waals surface area contributed by atoms with Gasteiger partial charge in [0.05, 0.1) is 0 Å². The van der Waals surface area contributed by atoms with E-state index in [-0.39, 0.29) is 22.3 Å². The summed E-state index contributed by atoms with van der Waals surface area (Å²) in [6.45, 7) is 0.889. The second-order valence-corrected chi connectivity index (χ2v) is 9.96. The van der Waals surface area contributed by atoms with Crippen molar-refractivity contribution in [1.82, 2.24) is 9.21 Å². The number of rotatable bonds is 7. The number of ether oxygens (including phenoxy) is 1. The first-order valence-electron chi connectivity index (χ1n) is 9.61. The van der Waals surface area contributed by atoms with E-state index in [0.717, 1.165) is 30.6 Å². The van der Waals surface area contributed by atoms with E-state index in [0.29, 0.717) is 24.5 Å². The Hall–Kier alpha value is -2.43. The molecule has 0 spiro atoms. The lowest BCUT2D eigenvalue weighted by molar-refractivity contribution is -0.130. The van der Waals surface area contributed by atoms with Gasteiger partial charge >= 0.3 is 0 Å². The number of carbonyl (C=O) groups is 2. The van der Waals surface area contributed by atoms with Crippen molar-refractivity contribution >= 4 is 38.9 Å². The molecule has 0 radical (unpaired) electrons. The fraction of sp³-hybridized carbons (Fsp3) is 0.400. The standard InChI is InChI=1S/C20H25N3O5S2/c1-22(2)18(24)14-28-16-8-6-15(7-9-16)21-20(25)19-17(10-13-29-19)30(26,27)23-11-4-3-5-12-23/h6-10,13H,3-5,11-12,14H2,1-2H3,(H,21,25). The van der Waals surface area contributed by atoms with E-state index in [1.807, 2.05) is 0 Å². The minimum atomic E-state index is -3.69. The van der Waals surface area contributed by atoms with Crippen molar-refractivity contribution < 1.29 is 22.7 Å². The Balaban J connectivity index is 1.67. The predicted octanol–water partition coefficient (Wildman–Crippen LogP) is 2.64. The first-order chi connectivity index (χ1) is 14.3. The minimum absolute atomic E-state index is 0.0500. The minimum Gasteiger partial charge on any atom is -0.484 e. The van der Waals surface area contributed by atoms with Gasteiger partial charge in [-0.05, 0) is 48.6 Å². The molecule has 0 saturated carbocycles. The topological polar surface area (TPSA) is 96.0 Å². The molecule has 10 heteroatoms. The number of sulfonamides is 1. The van der Waals surface area contributed by atoms with Crippen molar-refractivity contribution in [2.24, 2.45) is 0 Å². The molecule has 1 fully saturated rings. The van der Waals surface area contributed by atoms with Gasteiger partial charge in [-0.2, -0.15) is 4.31 Å². The van der Waals surface area contributed by atoms with Crippen molar-refractivity contribution in [2.75, 3.05) is 39.1 Å². The van der Waals surface area contributed by atoms with Crippen LogP contribution < -0.4 is 10.1 Å². The zero-order valence-electron chi connectivity index (χ0n) is 17.0. The molecule has 0 aliphatic carbocycles. The Labute approximate surface area is 180 Å². The third kappa shape index (κ3) is 5.18. The van der Waals surface area contributed by atoms with E-state index in [1.165, 1.54) is 15.3 Å². The van der Waals surface area contributed by atoms with Crippen LogP contribution in [0.15, 0.2) is 40.6 Å². The summed E-state index contributed by atoms with van der Waals surface area (Å²) in [5, 5.41) is 4.34. The van der Waals surface area contributed by atoms with Crippen LogP contribution in [-0.4, -0.2) is 63.2 Å². The Kier molecular flexibility index (Phi) is 7.11. The molecule has 1 aliphatic rings. The molecule has 1 N–H and O–H groups in total. The molecule has 1 saturated heterocycles. The van der Waals surface area contributed by atoms with Crippen LogP contribution in [-0.2, 0) is 14.8 Å². The van der Waals surface area contributed by atoms with E-state index in [9.17, 15) is 18.0 Å². The Morgan fingerprint density at radius 2 is 1.77 bits per heavy atom. The van der Waals surface area contributed by atoms with Crippen LogP contribution in [0.3, 0.4) is 0 Å². The molecule has 2 amide bonds. The van der Waals surface area contributed by atoms with E-state index in [4.69, 9.17) is 4.74 Å². The number of nitrogens with one attached hydrogen (secondary N) is 1. The van der Waals surface area contributed by atoms with Gasteiger partial charge in [-0.1, -0.05) is 6.42 Å². The van der Waals surface area contributed by atoms with Gasteiger partial charge in [0.2, 0.25) is 10.0 Å². The maximum absolute atomic E-state index is 13.0. The summed E-state index contributed by atoms with van der Waals surface area (Å²) in [5.41, 5.74) is 0.501. The van der Waals surface area contributed by atoms with E-state index < -0.39 is 15.9 Å². The molecule has 2 heterocycles. The van der Waals surface area contributed by atoms with Crippen LogP contribution in [0.4, 0.5) is 5.69 Å². The lowest BCUT2D eigenvalue weighted by Crippen LogP contribution is -2.36. The quantitative estimate of drug-likeness (QED) is 0.698. The van der Waals surface area contributed by atoms with Crippen LogP contribution >= 0.6 is 11.3 Å². The Morgan fingerprint density at radius 3 is 2.40 bits per heavy atom. The molecule has 8 nitrogen and oxygen atoms in total. The van der Waals surface area contributed by atoms with Crippen molar-refractivity contribution in [3.63, 3.8) is 0 Å². The molecule has 0 atom stereocenters. The average molecular weight is 452 g/mol. The summed E-state index contributed by atoms with van der Waals surface area (Å²) < 4.78 is 32.8. The zero-order valence-corrected chi connectivity index (χ0v) is 18.6. The number of hydrogen-bond donors (Lipinski definition) is 1. The smallest absolute Gasteiger partial charge is 0.267 e. The normalized spacial score (nSPS) is 14.9. The molecule has 3 rings (SSSR count). The summed E-state index contributed by atoms with van der Waals surface area (Å²) in [7, 11) is -0.394. The van der Waals surface area contributed by atoms with Crippen LogP contribution in [0, 0.1) is 0 Å². The number of likely N-dealkylation sites (N-methyl/N-ethyl adjacent to an activating group) is 1. The van der Waals surface area contributed by atoms with Gasteiger partial charge in [-0.15, -0.1) is 11.3 Å². The maximum atomic E-state index is 13.0. The van der Waals surface area contributed by atoms with Crippen LogP contribution in [0.5, 0.6) is 5.75 Å². The summed E-state index contributed by atoms with van der Waals surface area (Å²) in [6.07, 6.45) is 2.69. The highest BCUT2D eigenvalue weighted by Gasteiger charge is 2.31. The number of amides is 2. The third-order valence-electron chi connectivity index (χ3n) is 4.74. The van der Waals surface area contributed by atoms with E-state index in [1.54, 1.807) is 43.7 Å². The highest BCUT2D eigenvalue weighted by molar-refractivity contribution is 7.89. The third-order valence-corrected chi connectivity index (χ3v) is 7.72. The summed E-state index contributed by atoms with van der Waals surface area (Å²) >= 11 is 1.10. The fourth-order valence-corrected chi connectivity index (χ4v) is 5.82. The predicted molar refractivity (Wildman–Crippen MR) is 116 cm³/mol. The van der Waals surface area contributed by atoms with Gasteiger partial charge in [0, 0.05) is 32.9 Å². The van der Waals surface area contributed by atoms with Gasteiger partial charge in [0.25, 0.3) is 11.8 Å². The monoisotopic (exact) mass is 451 g/mol. The fourth-order valence-electron chi connectivity index (χ4n) is 3.01. The molecule has 0 bridgehead atoms. The number of carbonyl (C=O) groups excluding carboxylic acids is 2. The number of anilines is 1. The van der Waals surface area contributed by atoms with Crippen LogP contribution in [0.1, 0.15) is 28.9 Å². The average Bonchev–Trinajstić information content (AvgIpc) is 3.24.